The molecule has 0 saturated heterocycles. The van der Waals surface area contributed by atoms with Crippen LogP contribution in [0.25, 0.3) is 0 Å². The molecule has 0 aliphatic heterocycles. The first-order valence-corrected chi connectivity index (χ1v) is 8.88. The summed E-state index contributed by atoms with van der Waals surface area (Å²) in [6.07, 6.45) is 16.2. The molecule has 0 aromatic rings. The topological polar surface area (TPSA) is 17.1 Å². The molecule has 0 saturated carbocycles. The Morgan fingerprint density at radius 3 is 1.74 bits per heavy atom. The van der Waals surface area contributed by atoms with E-state index < -0.39 is 0 Å². The Morgan fingerprint density at radius 2 is 1.26 bits per heavy atom. The van der Waals surface area contributed by atoms with Gasteiger partial charge in [0.1, 0.15) is 6.29 Å². The fraction of sp³-hybridized carbons (Fsp3) is 0.591. The van der Waals surface area contributed by atoms with Gasteiger partial charge in [-0.2, -0.15) is 0 Å². The summed E-state index contributed by atoms with van der Waals surface area (Å²) < 4.78 is 0. The molecule has 1 atom stereocenters. The number of rotatable bonds is 11. The molecule has 0 N–H and O–H groups in total. The third-order valence-corrected chi connectivity index (χ3v) is 3.87. The lowest BCUT2D eigenvalue weighted by Gasteiger charge is -2.10. The van der Waals surface area contributed by atoms with E-state index in [1.165, 1.54) is 22.3 Å². The highest BCUT2D eigenvalue weighted by Gasteiger charge is 2.04. The molecule has 0 fully saturated rings. The van der Waals surface area contributed by atoms with Gasteiger partial charge in [-0.05, 0) is 79.6 Å². The Kier molecular flexibility index (Phi) is 12.3. The second kappa shape index (κ2) is 13.1. The van der Waals surface area contributed by atoms with Crippen molar-refractivity contribution in [1.29, 1.82) is 0 Å². The molecule has 23 heavy (non-hydrogen) atoms. The molecule has 0 aromatic heterocycles. The number of allylic oxidation sites excluding steroid dienone is 8. The van der Waals surface area contributed by atoms with Gasteiger partial charge in [-0.3, -0.25) is 0 Å². The van der Waals surface area contributed by atoms with Gasteiger partial charge in [0.2, 0.25) is 0 Å². The summed E-state index contributed by atoms with van der Waals surface area (Å²) >= 11 is 0. The highest BCUT2D eigenvalue weighted by Crippen LogP contribution is 2.18. The van der Waals surface area contributed by atoms with Crippen molar-refractivity contribution in [2.75, 3.05) is 0 Å². The van der Waals surface area contributed by atoms with Crippen LogP contribution in [0.5, 0.6) is 0 Å². The van der Waals surface area contributed by atoms with Crippen molar-refractivity contribution in [2.24, 2.45) is 5.92 Å². The summed E-state index contributed by atoms with van der Waals surface area (Å²) in [5.41, 5.74) is 5.57. The predicted molar refractivity (Wildman–Crippen MR) is 104 cm³/mol. The van der Waals surface area contributed by atoms with E-state index in [1.54, 1.807) is 0 Å². The monoisotopic (exact) mass is 316 g/mol. The molecule has 0 aliphatic rings. The van der Waals surface area contributed by atoms with E-state index in [1.807, 2.05) is 0 Å². The molecule has 0 aromatic carbocycles. The Morgan fingerprint density at radius 1 is 0.739 bits per heavy atom. The molecular formula is C22H36O. The summed E-state index contributed by atoms with van der Waals surface area (Å²) in [6.45, 7) is 12.9. The van der Waals surface area contributed by atoms with Crippen molar-refractivity contribution >= 4 is 6.29 Å². The zero-order chi connectivity index (χ0) is 17.7. The maximum Gasteiger partial charge on any atom is 0.120 e. The Bertz CT molecular complexity index is 452. The van der Waals surface area contributed by atoms with E-state index in [0.717, 1.165) is 38.4 Å². The summed E-state index contributed by atoms with van der Waals surface area (Å²) in [7, 11) is 0. The normalized spacial score (nSPS) is 13.5. The van der Waals surface area contributed by atoms with Gasteiger partial charge in [-0.15, -0.1) is 0 Å². The van der Waals surface area contributed by atoms with Crippen molar-refractivity contribution in [3.05, 3.63) is 46.6 Å². The van der Waals surface area contributed by atoms with Crippen molar-refractivity contribution < 1.29 is 4.79 Å². The molecule has 130 valence electrons. The number of aldehydes is 1. The zero-order valence-electron chi connectivity index (χ0n) is 16.1. The number of carbonyl (C=O) groups is 1. The lowest BCUT2D eigenvalue weighted by atomic mass is 9.95. The quantitative estimate of drug-likeness (QED) is 0.297. The van der Waals surface area contributed by atoms with Crippen LogP contribution in [-0.4, -0.2) is 6.29 Å². The van der Waals surface area contributed by atoms with Gasteiger partial charge in [0, 0.05) is 6.42 Å². The van der Waals surface area contributed by atoms with Crippen LogP contribution in [0, 0.1) is 5.92 Å². The molecule has 0 bridgehead atoms. The standard InChI is InChI=1S/C22H36O/c1-18(2)9-7-11-20(5)13-14-22(15-16-23)17-21(6)12-8-10-19(3)4/h9-10,13,16-17,22H,7-8,11-12,14-15H2,1-6H3. The molecule has 0 spiro atoms. The first-order chi connectivity index (χ1) is 10.8. The summed E-state index contributed by atoms with van der Waals surface area (Å²) in [5, 5.41) is 0. The minimum absolute atomic E-state index is 0.345. The van der Waals surface area contributed by atoms with Gasteiger partial charge in [0.15, 0.2) is 0 Å². The molecule has 0 rings (SSSR count). The number of carbonyl (C=O) groups excluding carboxylic acids is 1. The fourth-order valence-electron chi connectivity index (χ4n) is 2.47. The Hall–Kier alpha value is -1.37. The van der Waals surface area contributed by atoms with E-state index in [4.69, 9.17) is 0 Å². The largest absolute Gasteiger partial charge is 0.303 e. The van der Waals surface area contributed by atoms with Crippen LogP contribution in [0.3, 0.4) is 0 Å². The van der Waals surface area contributed by atoms with Gasteiger partial charge in [-0.25, -0.2) is 0 Å². The van der Waals surface area contributed by atoms with E-state index in [0.29, 0.717) is 12.3 Å². The van der Waals surface area contributed by atoms with E-state index in [9.17, 15) is 4.79 Å². The lowest BCUT2D eigenvalue weighted by Crippen LogP contribution is -1.98. The van der Waals surface area contributed by atoms with Crippen LogP contribution in [0.1, 0.15) is 80.1 Å². The summed E-state index contributed by atoms with van der Waals surface area (Å²) in [4.78, 5) is 10.9. The molecule has 0 aliphatic carbocycles. The van der Waals surface area contributed by atoms with Gasteiger partial charge in [0.25, 0.3) is 0 Å². The van der Waals surface area contributed by atoms with E-state index in [-0.39, 0.29) is 0 Å². The van der Waals surface area contributed by atoms with Gasteiger partial charge in [0.05, 0.1) is 0 Å². The molecule has 0 heterocycles. The van der Waals surface area contributed by atoms with Crippen molar-refractivity contribution in [3.8, 4) is 0 Å². The first-order valence-electron chi connectivity index (χ1n) is 8.88. The average Bonchev–Trinajstić information content (AvgIpc) is 2.44. The SMILES string of the molecule is CC(C)=CCCC(C)=CCC(C=C(C)CCC=C(C)C)CC=O. The average molecular weight is 317 g/mol. The van der Waals surface area contributed by atoms with E-state index in [2.05, 4.69) is 65.8 Å². The van der Waals surface area contributed by atoms with Crippen molar-refractivity contribution in [1.82, 2.24) is 0 Å². The van der Waals surface area contributed by atoms with Gasteiger partial charge in [-0.1, -0.05) is 46.6 Å². The van der Waals surface area contributed by atoms with Crippen molar-refractivity contribution in [2.45, 2.75) is 80.1 Å². The third kappa shape index (κ3) is 14.0. The highest BCUT2D eigenvalue weighted by atomic mass is 16.1. The molecule has 1 nitrogen and oxygen atoms in total. The second-order valence-electron chi connectivity index (χ2n) is 7.10. The number of hydrogen-bond acceptors (Lipinski definition) is 1. The summed E-state index contributed by atoms with van der Waals surface area (Å²) in [5.74, 6) is 0.345. The van der Waals surface area contributed by atoms with Crippen LogP contribution in [-0.2, 0) is 4.79 Å². The molecular weight excluding hydrogens is 280 g/mol. The van der Waals surface area contributed by atoms with Crippen LogP contribution < -0.4 is 0 Å². The molecule has 1 heteroatoms. The third-order valence-electron chi connectivity index (χ3n) is 3.87. The Balaban J connectivity index is 4.51. The molecule has 1 unspecified atom stereocenters. The zero-order valence-corrected chi connectivity index (χ0v) is 16.1. The smallest absolute Gasteiger partial charge is 0.120 e. The lowest BCUT2D eigenvalue weighted by molar-refractivity contribution is -0.108. The number of hydrogen-bond donors (Lipinski definition) is 0. The van der Waals surface area contributed by atoms with Crippen LogP contribution in [0.15, 0.2) is 46.6 Å². The maximum atomic E-state index is 10.9. The van der Waals surface area contributed by atoms with Gasteiger partial charge >= 0.3 is 0 Å². The molecule has 0 amide bonds. The van der Waals surface area contributed by atoms with Gasteiger partial charge < -0.3 is 4.79 Å². The van der Waals surface area contributed by atoms with Crippen LogP contribution >= 0.6 is 0 Å². The van der Waals surface area contributed by atoms with Crippen LogP contribution in [0.4, 0.5) is 0 Å². The van der Waals surface area contributed by atoms with Crippen LogP contribution in [0.2, 0.25) is 0 Å². The highest BCUT2D eigenvalue weighted by molar-refractivity contribution is 5.50. The minimum Gasteiger partial charge on any atom is -0.303 e. The van der Waals surface area contributed by atoms with Crippen molar-refractivity contribution in [3.63, 3.8) is 0 Å². The second-order valence-corrected chi connectivity index (χ2v) is 7.10. The van der Waals surface area contributed by atoms with E-state index >= 15 is 0 Å². The minimum atomic E-state index is 0.345. The fourth-order valence-corrected chi connectivity index (χ4v) is 2.47. The Labute approximate surface area is 144 Å². The maximum absolute atomic E-state index is 10.9. The summed E-state index contributed by atoms with van der Waals surface area (Å²) in [6, 6.07) is 0. The predicted octanol–water partition coefficient (Wildman–Crippen LogP) is 6.97. The first kappa shape index (κ1) is 21.6. The molecule has 0 radical (unpaired) electrons.